The molecule has 0 radical (unpaired) electrons. The largest absolute Gasteiger partial charge is 0.444 e. The third-order valence-electron chi connectivity index (χ3n) is 3.16. The molecule has 1 unspecified atom stereocenters. The monoisotopic (exact) mass is 345 g/mol. The molecule has 1 amide bonds. The molecule has 8 nitrogen and oxygen atoms in total. The number of nitrogens with zero attached hydrogens (tertiary/aromatic N) is 2. The summed E-state index contributed by atoms with van der Waals surface area (Å²) < 4.78 is 12.1. The van der Waals surface area contributed by atoms with Gasteiger partial charge in [-0.2, -0.15) is 0 Å². The molecule has 0 bridgehead atoms. The van der Waals surface area contributed by atoms with Crippen LogP contribution in [-0.2, 0) is 16.0 Å². The predicted octanol–water partition coefficient (Wildman–Crippen LogP) is 0.826. The Bertz CT molecular complexity index is 691. The van der Waals surface area contributed by atoms with E-state index in [0.717, 1.165) is 6.07 Å². The fourth-order valence-electron chi connectivity index (χ4n) is 2.19. The van der Waals surface area contributed by atoms with Crippen molar-refractivity contribution in [3.05, 3.63) is 32.1 Å². The third kappa shape index (κ3) is 4.84. The smallest absolute Gasteiger partial charge is 0.410 e. The van der Waals surface area contributed by atoms with Gasteiger partial charge in [-0.15, -0.1) is 0 Å². The van der Waals surface area contributed by atoms with E-state index in [1.165, 1.54) is 9.47 Å². The van der Waals surface area contributed by atoms with Gasteiger partial charge in [0.2, 0.25) is 0 Å². The molecule has 1 aromatic heterocycles. The first-order chi connectivity index (χ1) is 10.7. The zero-order valence-corrected chi connectivity index (χ0v) is 14.1. The quantitative estimate of drug-likeness (QED) is 0.801. The van der Waals surface area contributed by atoms with Gasteiger partial charge in [-0.3, -0.25) is 14.3 Å². The third-order valence-corrected chi connectivity index (χ3v) is 3.47. The molecule has 0 aromatic carbocycles. The summed E-state index contributed by atoms with van der Waals surface area (Å²) in [4.78, 5) is 38.7. The van der Waals surface area contributed by atoms with E-state index in [1.54, 1.807) is 20.8 Å². The first-order valence-electron chi connectivity index (χ1n) is 7.25. The van der Waals surface area contributed by atoms with Gasteiger partial charge < -0.3 is 14.4 Å². The van der Waals surface area contributed by atoms with Crippen LogP contribution in [0, 0.1) is 0 Å². The fraction of sp³-hybridized carbons (Fsp3) is 0.643. The lowest BCUT2D eigenvalue weighted by atomic mass is 10.2. The molecule has 0 saturated carbocycles. The van der Waals surface area contributed by atoms with Crippen LogP contribution in [0.4, 0.5) is 4.79 Å². The molecule has 1 aliphatic heterocycles. The maximum absolute atomic E-state index is 12.1. The molecule has 1 fully saturated rings. The van der Waals surface area contributed by atoms with Crippen molar-refractivity contribution in [2.75, 3.05) is 19.7 Å². The number of hydrogen-bond donors (Lipinski definition) is 1. The minimum Gasteiger partial charge on any atom is -0.444 e. The predicted molar refractivity (Wildman–Crippen MR) is 83.9 cm³/mol. The summed E-state index contributed by atoms with van der Waals surface area (Å²) in [5, 5.41) is 0.0248. The molecule has 0 aliphatic carbocycles. The minimum atomic E-state index is -0.611. The lowest BCUT2D eigenvalue weighted by Crippen LogP contribution is -2.49. The average Bonchev–Trinajstić information content (AvgIpc) is 2.41. The van der Waals surface area contributed by atoms with Crippen molar-refractivity contribution in [3.8, 4) is 0 Å². The summed E-state index contributed by atoms with van der Waals surface area (Å²) >= 11 is 5.92. The van der Waals surface area contributed by atoms with Gasteiger partial charge in [-0.25, -0.2) is 9.59 Å². The van der Waals surface area contributed by atoms with Crippen molar-refractivity contribution >= 4 is 17.7 Å². The molecule has 1 aromatic rings. The van der Waals surface area contributed by atoms with Crippen molar-refractivity contribution in [1.29, 1.82) is 0 Å². The van der Waals surface area contributed by atoms with Crippen molar-refractivity contribution in [2.24, 2.45) is 0 Å². The van der Waals surface area contributed by atoms with Gasteiger partial charge in [0.25, 0.3) is 5.56 Å². The number of nitrogens with one attached hydrogen (secondary N) is 1. The van der Waals surface area contributed by atoms with Crippen LogP contribution in [0.2, 0.25) is 5.15 Å². The Morgan fingerprint density at radius 2 is 2.17 bits per heavy atom. The maximum Gasteiger partial charge on any atom is 0.410 e. The van der Waals surface area contributed by atoms with Crippen LogP contribution >= 0.6 is 11.6 Å². The number of H-pyrrole nitrogens is 1. The van der Waals surface area contributed by atoms with Crippen molar-refractivity contribution in [2.45, 2.75) is 39.0 Å². The van der Waals surface area contributed by atoms with E-state index < -0.39 is 29.0 Å². The maximum atomic E-state index is 12.1. The van der Waals surface area contributed by atoms with Crippen molar-refractivity contribution < 1.29 is 14.3 Å². The van der Waals surface area contributed by atoms with Gasteiger partial charge in [-0.1, -0.05) is 11.6 Å². The fourth-order valence-corrected chi connectivity index (χ4v) is 2.43. The van der Waals surface area contributed by atoms with Crippen LogP contribution in [0.3, 0.4) is 0 Å². The number of amides is 1. The molecule has 1 aliphatic rings. The van der Waals surface area contributed by atoms with Crippen LogP contribution in [0.5, 0.6) is 0 Å². The number of carbonyl (C=O) groups is 1. The van der Waals surface area contributed by atoms with E-state index in [-0.39, 0.29) is 18.2 Å². The Hall–Kier alpha value is -1.80. The first-order valence-corrected chi connectivity index (χ1v) is 7.63. The Labute approximate surface area is 137 Å². The Balaban J connectivity index is 2.06. The van der Waals surface area contributed by atoms with E-state index in [1.807, 2.05) is 0 Å². The zero-order chi connectivity index (χ0) is 17.2. The van der Waals surface area contributed by atoms with Gasteiger partial charge in [0.05, 0.1) is 25.8 Å². The van der Waals surface area contributed by atoms with Gasteiger partial charge >= 0.3 is 11.8 Å². The lowest BCUT2D eigenvalue weighted by molar-refractivity contribution is -0.0476. The second kappa shape index (κ2) is 6.76. The van der Waals surface area contributed by atoms with Crippen molar-refractivity contribution in [1.82, 2.24) is 14.5 Å². The highest BCUT2D eigenvalue weighted by Crippen LogP contribution is 2.14. The van der Waals surface area contributed by atoms with E-state index in [2.05, 4.69) is 4.98 Å². The summed E-state index contributed by atoms with van der Waals surface area (Å²) in [6.45, 7) is 6.54. The van der Waals surface area contributed by atoms with E-state index in [9.17, 15) is 14.4 Å². The summed E-state index contributed by atoms with van der Waals surface area (Å²) in [5.41, 5.74) is -1.75. The molecule has 1 N–H and O–H groups in total. The molecule has 9 heteroatoms. The number of ether oxygens (including phenoxy) is 2. The molecule has 1 saturated heterocycles. The van der Waals surface area contributed by atoms with Crippen LogP contribution in [-0.4, -0.2) is 51.9 Å². The molecular formula is C14H20ClN3O5. The number of morpholine rings is 1. The SMILES string of the molecule is CC(C)(C)OC(=O)N1CCOC(Cn2c(Cl)cc(=O)[nH]c2=O)C1. The Morgan fingerprint density at radius 1 is 1.48 bits per heavy atom. The van der Waals surface area contributed by atoms with E-state index in [4.69, 9.17) is 21.1 Å². The normalized spacial score (nSPS) is 18.8. The highest BCUT2D eigenvalue weighted by molar-refractivity contribution is 6.29. The molecule has 1 atom stereocenters. The lowest BCUT2D eigenvalue weighted by Gasteiger charge is -2.34. The van der Waals surface area contributed by atoms with Crippen molar-refractivity contribution in [3.63, 3.8) is 0 Å². The molecule has 23 heavy (non-hydrogen) atoms. The molecule has 0 spiro atoms. The summed E-state index contributed by atoms with van der Waals surface area (Å²) in [7, 11) is 0. The summed E-state index contributed by atoms with van der Waals surface area (Å²) in [6, 6.07) is 1.12. The van der Waals surface area contributed by atoms with E-state index in [0.29, 0.717) is 13.2 Å². The zero-order valence-electron chi connectivity index (χ0n) is 13.3. The van der Waals surface area contributed by atoms with Gasteiger partial charge in [0.1, 0.15) is 10.8 Å². The molecule has 128 valence electrons. The van der Waals surface area contributed by atoms with E-state index >= 15 is 0 Å². The number of aromatic amines is 1. The molecule has 2 heterocycles. The second-order valence-electron chi connectivity index (χ2n) is 6.29. The highest BCUT2D eigenvalue weighted by atomic mass is 35.5. The number of carbonyl (C=O) groups excluding carboxylic acids is 1. The number of hydrogen-bond acceptors (Lipinski definition) is 5. The molecule has 2 rings (SSSR count). The summed E-state index contributed by atoms with van der Waals surface area (Å²) in [6.07, 6.45) is -0.844. The average molecular weight is 346 g/mol. The minimum absolute atomic E-state index is 0.0248. The standard InChI is InChI=1S/C14H20ClN3O5/c1-14(2,3)23-13(21)17-4-5-22-9(7-17)8-18-10(15)6-11(19)16-12(18)20/h6,9H,4-5,7-8H2,1-3H3,(H,16,19,20). The Morgan fingerprint density at radius 3 is 2.78 bits per heavy atom. The highest BCUT2D eigenvalue weighted by Gasteiger charge is 2.28. The van der Waals surface area contributed by atoms with Gasteiger partial charge in [0, 0.05) is 12.6 Å². The number of rotatable bonds is 2. The first kappa shape index (κ1) is 17.6. The van der Waals surface area contributed by atoms with Crippen LogP contribution in [0.25, 0.3) is 0 Å². The van der Waals surface area contributed by atoms with Crippen LogP contribution in [0.1, 0.15) is 20.8 Å². The molecular weight excluding hydrogens is 326 g/mol. The van der Waals surface area contributed by atoms with Crippen LogP contribution < -0.4 is 11.2 Å². The number of halogens is 1. The van der Waals surface area contributed by atoms with Crippen LogP contribution in [0.15, 0.2) is 15.7 Å². The number of aromatic nitrogens is 2. The van der Waals surface area contributed by atoms with Gasteiger partial charge in [-0.05, 0) is 20.8 Å². The summed E-state index contributed by atoms with van der Waals surface area (Å²) in [5.74, 6) is 0. The second-order valence-corrected chi connectivity index (χ2v) is 6.68. The topological polar surface area (TPSA) is 93.6 Å². The van der Waals surface area contributed by atoms with Gasteiger partial charge in [0.15, 0.2) is 0 Å². The Kier molecular flexibility index (Phi) is 5.16.